The number of ether oxygens (including phenoxy) is 2. The molecule has 0 radical (unpaired) electrons. The molecule has 0 N–H and O–H groups in total. The van der Waals surface area contributed by atoms with Gasteiger partial charge < -0.3 is 18.6 Å². The second-order valence-corrected chi connectivity index (χ2v) is 8.27. The Labute approximate surface area is 200 Å². The molecule has 8 heteroatoms. The van der Waals surface area contributed by atoms with Crippen molar-refractivity contribution in [2.24, 2.45) is 0 Å². The number of rotatable bonds is 6. The highest BCUT2D eigenvalue weighted by Crippen LogP contribution is 2.32. The topological polar surface area (TPSA) is 75.2 Å². The summed E-state index contributed by atoms with van der Waals surface area (Å²) in [5.74, 6) is 1.27. The molecule has 0 spiro atoms. The first-order valence-electron chi connectivity index (χ1n) is 11.3. The maximum absolute atomic E-state index is 13.6. The van der Waals surface area contributed by atoms with Gasteiger partial charge >= 0.3 is 0 Å². The monoisotopic (exact) mass is 468 g/mol. The third kappa shape index (κ3) is 4.43. The smallest absolute Gasteiger partial charge is 0.278 e. The van der Waals surface area contributed by atoms with Crippen molar-refractivity contribution in [1.29, 1.82) is 0 Å². The highest BCUT2D eigenvalue weighted by molar-refractivity contribution is 5.60. The summed E-state index contributed by atoms with van der Waals surface area (Å²) >= 11 is 0. The molecular formula is C27H21FN4O3. The van der Waals surface area contributed by atoms with Crippen LogP contribution in [0.3, 0.4) is 0 Å². The van der Waals surface area contributed by atoms with Gasteiger partial charge in [-0.3, -0.25) is 0 Å². The number of halogens is 1. The molecule has 7 nitrogen and oxygen atoms in total. The minimum Gasteiger partial charge on any atom is -0.489 e. The van der Waals surface area contributed by atoms with Crippen LogP contribution in [-0.4, -0.2) is 19.7 Å². The summed E-state index contributed by atoms with van der Waals surface area (Å²) in [7, 11) is 0. The van der Waals surface area contributed by atoms with Crippen LogP contribution < -0.4 is 4.74 Å². The molecule has 2 aromatic heterocycles. The Morgan fingerprint density at radius 3 is 2.69 bits per heavy atom. The maximum Gasteiger partial charge on any atom is 0.278 e. The molecule has 3 heterocycles. The zero-order valence-electron chi connectivity index (χ0n) is 18.7. The van der Waals surface area contributed by atoms with E-state index >= 15 is 0 Å². The van der Waals surface area contributed by atoms with Gasteiger partial charge in [0.05, 0.1) is 25.2 Å². The fourth-order valence-electron chi connectivity index (χ4n) is 4.09. The van der Waals surface area contributed by atoms with Crippen molar-refractivity contribution in [2.75, 3.05) is 0 Å². The van der Waals surface area contributed by atoms with E-state index in [4.69, 9.17) is 14.0 Å². The van der Waals surface area contributed by atoms with E-state index < -0.39 is 0 Å². The molecule has 3 aromatic carbocycles. The summed E-state index contributed by atoms with van der Waals surface area (Å²) in [6.07, 6.45) is 1.48. The first kappa shape index (κ1) is 21.2. The SMILES string of the molecule is Fc1cccc(C2Cn3cnc(-c4nc(-c5ccc(OCc6ccccc6)cc5)no4)c3CO2)c1. The van der Waals surface area contributed by atoms with Crippen molar-refractivity contribution in [3.63, 3.8) is 0 Å². The Kier molecular flexibility index (Phi) is 5.56. The molecule has 1 unspecified atom stereocenters. The van der Waals surface area contributed by atoms with Crippen molar-refractivity contribution in [2.45, 2.75) is 25.9 Å². The maximum atomic E-state index is 13.6. The molecule has 1 atom stereocenters. The summed E-state index contributed by atoms with van der Waals surface area (Å²) in [5, 5.41) is 4.13. The second kappa shape index (κ2) is 9.15. The Bertz CT molecular complexity index is 1450. The predicted octanol–water partition coefficient (Wildman–Crippen LogP) is 5.59. The van der Waals surface area contributed by atoms with Gasteiger partial charge in [-0.1, -0.05) is 47.6 Å². The van der Waals surface area contributed by atoms with Crippen LogP contribution in [0, 0.1) is 5.82 Å². The lowest BCUT2D eigenvalue weighted by molar-refractivity contribution is 0.00314. The number of hydrogen-bond acceptors (Lipinski definition) is 6. The standard InChI is InChI=1S/C27H21FN4O3/c28-21-8-4-7-20(13-21)24-14-32-17-29-25(23(32)16-34-24)27-30-26(31-35-27)19-9-11-22(12-10-19)33-15-18-5-2-1-3-6-18/h1-13,17,24H,14-16H2. The molecular weight excluding hydrogens is 447 g/mol. The molecule has 6 rings (SSSR count). The van der Waals surface area contributed by atoms with E-state index in [1.165, 1.54) is 12.1 Å². The molecule has 174 valence electrons. The number of nitrogens with zero attached hydrogens (tertiary/aromatic N) is 4. The van der Waals surface area contributed by atoms with Crippen LogP contribution >= 0.6 is 0 Å². The predicted molar refractivity (Wildman–Crippen MR) is 126 cm³/mol. The van der Waals surface area contributed by atoms with E-state index in [0.717, 1.165) is 28.1 Å². The van der Waals surface area contributed by atoms with E-state index in [1.54, 1.807) is 12.4 Å². The zero-order chi connectivity index (χ0) is 23.6. The van der Waals surface area contributed by atoms with Crippen molar-refractivity contribution in [3.05, 3.63) is 108 Å². The number of imidazole rings is 1. The molecule has 5 aromatic rings. The first-order chi connectivity index (χ1) is 17.2. The van der Waals surface area contributed by atoms with Crippen molar-refractivity contribution in [1.82, 2.24) is 19.7 Å². The van der Waals surface area contributed by atoms with Crippen LogP contribution in [0.5, 0.6) is 5.75 Å². The fraction of sp³-hybridized carbons (Fsp3) is 0.148. The van der Waals surface area contributed by atoms with E-state index in [-0.39, 0.29) is 11.9 Å². The lowest BCUT2D eigenvalue weighted by atomic mass is 10.1. The summed E-state index contributed by atoms with van der Waals surface area (Å²) in [5.41, 5.74) is 4.14. The Hall–Kier alpha value is -4.30. The van der Waals surface area contributed by atoms with Gasteiger partial charge in [-0.05, 0) is 47.5 Å². The minimum absolute atomic E-state index is 0.249. The second-order valence-electron chi connectivity index (χ2n) is 8.27. The summed E-state index contributed by atoms with van der Waals surface area (Å²) in [6.45, 7) is 1.33. The summed E-state index contributed by atoms with van der Waals surface area (Å²) in [6, 6.07) is 24.0. The molecule has 0 saturated carbocycles. The van der Waals surface area contributed by atoms with Crippen molar-refractivity contribution in [3.8, 4) is 28.7 Å². The van der Waals surface area contributed by atoms with Crippen molar-refractivity contribution < 1.29 is 18.4 Å². The van der Waals surface area contributed by atoms with E-state index in [2.05, 4.69) is 15.1 Å². The quantitative estimate of drug-likeness (QED) is 0.323. The van der Waals surface area contributed by atoms with Gasteiger partial charge in [-0.25, -0.2) is 9.37 Å². The zero-order valence-corrected chi connectivity index (χ0v) is 18.7. The average Bonchev–Trinajstić information content (AvgIpc) is 3.55. The molecule has 0 saturated heterocycles. The Morgan fingerprint density at radius 1 is 1.00 bits per heavy atom. The van der Waals surface area contributed by atoms with Gasteiger partial charge in [-0.2, -0.15) is 4.98 Å². The van der Waals surface area contributed by atoms with Crippen molar-refractivity contribution >= 4 is 0 Å². The molecule has 1 aliphatic heterocycles. The Balaban J connectivity index is 1.16. The van der Waals surface area contributed by atoms with Gasteiger partial charge in [0.25, 0.3) is 5.89 Å². The number of aromatic nitrogens is 4. The molecule has 0 amide bonds. The fourth-order valence-corrected chi connectivity index (χ4v) is 4.09. The lowest BCUT2D eigenvalue weighted by Crippen LogP contribution is -2.20. The molecule has 0 fully saturated rings. The molecule has 0 bridgehead atoms. The van der Waals surface area contributed by atoms with E-state index in [1.807, 2.05) is 65.2 Å². The van der Waals surface area contributed by atoms with E-state index in [9.17, 15) is 4.39 Å². The number of fused-ring (bicyclic) bond motifs is 1. The normalized spacial score (nSPS) is 15.1. The van der Waals surface area contributed by atoms with Crippen LogP contribution in [0.1, 0.15) is 22.9 Å². The molecule has 1 aliphatic rings. The summed E-state index contributed by atoms with van der Waals surface area (Å²) in [4.78, 5) is 9.02. The third-order valence-corrected chi connectivity index (χ3v) is 5.94. The molecule has 0 aliphatic carbocycles. The third-order valence-electron chi connectivity index (χ3n) is 5.94. The average molecular weight is 468 g/mol. The first-order valence-corrected chi connectivity index (χ1v) is 11.3. The lowest BCUT2D eigenvalue weighted by Gasteiger charge is -2.25. The largest absolute Gasteiger partial charge is 0.489 e. The van der Waals surface area contributed by atoms with E-state index in [0.29, 0.717) is 37.2 Å². The van der Waals surface area contributed by atoms with Crippen LogP contribution in [0.25, 0.3) is 23.0 Å². The van der Waals surface area contributed by atoms with Crippen LogP contribution in [-0.2, 0) is 24.5 Å². The number of benzene rings is 3. The van der Waals surface area contributed by atoms with Gasteiger partial charge in [-0.15, -0.1) is 0 Å². The van der Waals surface area contributed by atoms with Gasteiger partial charge in [0, 0.05) is 5.56 Å². The van der Waals surface area contributed by atoms with Crippen LogP contribution in [0.15, 0.2) is 89.7 Å². The molecule has 35 heavy (non-hydrogen) atoms. The van der Waals surface area contributed by atoms with Crippen LogP contribution in [0.2, 0.25) is 0 Å². The van der Waals surface area contributed by atoms with Gasteiger partial charge in [0.1, 0.15) is 24.3 Å². The van der Waals surface area contributed by atoms with Gasteiger partial charge in [0.2, 0.25) is 5.82 Å². The van der Waals surface area contributed by atoms with Gasteiger partial charge in [0.15, 0.2) is 5.69 Å². The minimum atomic E-state index is -0.280. The highest BCUT2D eigenvalue weighted by atomic mass is 19.1. The Morgan fingerprint density at radius 2 is 1.86 bits per heavy atom. The highest BCUT2D eigenvalue weighted by Gasteiger charge is 2.26. The van der Waals surface area contributed by atoms with Crippen LogP contribution in [0.4, 0.5) is 4.39 Å². The number of hydrogen-bond donors (Lipinski definition) is 0. The summed E-state index contributed by atoms with van der Waals surface area (Å²) < 4.78 is 32.9.